The van der Waals surface area contributed by atoms with Crippen molar-refractivity contribution in [3.63, 3.8) is 0 Å². The minimum atomic E-state index is 0.711. The molecule has 0 aliphatic carbocycles. The molecule has 0 aliphatic rings. The lowest BCUT2D eigenvalue weighted by molar-refractivity contribution is 1.02. The van der Waals surface area contributed by atoms with Gasteiger partial charge in [0.2, 0.25) is 0 Å². The zero-order chi connectivity index (χ0) is 12.8. The summed E-state index contributed by atoms with van der Waals surface area (Å²) in [5.41, 5.74) is 4.08. The molecule has 0 radical (unpaired) electrons. The highest BCUT2D eigenvalue weighted by atomic mass is 14.9. The molecule has 90 valence electrons. The Balaban J connectivity index is 2.01. The summed E-state index contributed by atoms with van der Waals surface area (Å²) >= 11 is 0. The summed E-state index contributed by atoms with van der Waals surface area (Å²) < 4.78 is 0. The Morgan fingerprint density at radius 2 is 1.83 bits per heavy atom. The van der Waals surface area contributed by atoms with Crippen LogP contribution in [-0.4, -0.2) is 6.54 Å². The molecule has 18 heavy (non-hydrogen) atoms. The Kier molecular flexibility index (Phi) is 3.98. The van der Waals surface area contributed by atoms with E-state index in [0.717, 1.165) is 24.2 Å². The zero-order valence-corrected chi connectivity index (χ0v) is 10.5. The molecule has 0 unspecified atom stereocenters. The monoisotopic (exact) mass is 236 g/mol. The maximum Gasteiger partial charge on any atom is 0.101 e. The van der Waals surface area contributed by atoms with Gasteiger partial charge in [-0.3, -0.25) is 0 Å². The predicted octanol–water partition coefficient (Wildman–Crippen LogP) is 3.52. The third-order valence-corrected chi connectivity index (χ3v) is 2.95. The highest BCUT2D eigenvalue weighted by Crippen LogP contribution is 2.19. The third-order valence-electron chi connectivity index (χ3n) is 2.95. The molecule has 0 bridgehead atoms. The van der Waals surface area contributed by atoms with Gasteiger partial charge < -0.3 is 5.32 Å². The van der Waals surface area contributed by atoms with E-state index in [-0.39, 0.29) is 0 Å². The van der Waals surface area contributed by atoms with Crippen molar-refractivity contribution in [2.24, 2.45) is 0 Å². The number of rotatable bonds is 4. The lowest BCUT2D eigenvalue weighted by atomic mass is 10.1. The highest BCUT2D eigenvalue weighted by Gasteiger charge is 2.03. The molecule has 1 N–H and O–H groups in total. The van der Waals surface area contributed by atoms with Crippen LogP contribution < -0.4 is 5.32 Å². The van der Waals surface area contributed by atoms with Gasteiger partial charge in [-0.1, -0.05) is 42.5 Å². The third kappa shape index (κ3) is 2.89. The normalized spacial score (nSPS) is 9.78. The maximum absolute atomic E-state index is 9.07. The van der Waals surface area contributed by atoms with Gasteiger partial charge in [0.15, 0.2) is 0 Å². The van der Waals surface area contributed by atoms with Gasteiger partial charge in [-0.25, -0.2) is 0 Å². The Bertz CT molecular complexity index is 553. The van der Waals surface area contributed by atoms with E-state index in [1.807, 2.05) is 43.3 Å². The quantitative estimate of drug-likeness (QED) is 0.881. The molecular weight excluding hydrogens is 220 g/mol. The fourth-order valence-corrected chi connectivity index (χ4v) is 1.97. The molecule has 0 heterocycles. The Morgan fingerprint density at radius 3 is 2.56 bits per heavy atom. The molecule has 0 saturated heterocycles. The first-order valence-electron chi connectivity index (χ1n) is 6.09. The van der Waals surface area contributed by atoms with Gasteiger partial charge in [-0.15, -0.1) is 0 Å². The van der Waals surface area contributed by atoms with E-state index >= 15 is 0 Å². The number of benzene rings is 2. The average molecular weight is 236 g/mol. The molecule has 2 aromatic carbocycles. The first-order valence-corrected chi connectivity index (χ1v) is 6.09. The predicted molar refractivity (Wildman–Crippen MR) is 74.5 cm³/mol. The van der Waals surface area contributed by atoms with Crippen molar-refractivity contribution in [1.29, 1.82) is 5.26 Å². The molecule has 0 saturated carbocycles. The van der Waals surface area contributed by atoms with E-state index in [2.05, 4.69) is 23.5 Å². The number of para-hydroxylation sites is 1. The van der Waals surface area contributed by atoms with Gasteiger partial charge in [0.1, 0.15) is 6.07 Å². The molecule has 2 rings (SSSR count). The van der Waals surface area contributed by atoms with Crippen LogP contribution in [0.2, 0.25) is 0 Å². The smallest absolute Gasteiger partial charge is 0.101 e. The standard InChI is InChI=1S/C16H16N2/c1-13-6-5-9-15(12-17)16(13)18-11-10-14-7-3-2-4-8-14/h2-9,18H,10-11H2,1H3. The summed E-state index contributed by atoms with van der Waals surface area (Å²) in [5.74, 6) is 0. The van der Waals surface area contributed by atoms with Gasteiger partial charge in [0, 0.05) is 6.54 Å². The first-order chi connectivity index (χ1) is 8.81. The molecule has 0 spiro atoms. The molecule has 0 fully saturated rings. The number of anilines is 1. The Morgan fingerprint density at radius 1 is 1.06 bits per heavy atom. The molecule has 2 heteroatoms. The molecular formula is C16H16N2. The largest absolute Gasteiger partial charge is 0.383 e. The van der Waals surface area contributed by atoms with Crippen molar-refractivity contribution in [1.82, 2.24) is 0 Å². The number of aryl methyl sites for hydroxylation is 1. The number of nitrogens with one attached hydrogen (secondary N) is 1. The molecule has 2 aromatic rings. The van der Waals surface area contributed by atoms with Crippen LogP contribution in [0.4, 0.5) is 5.69 Å². The van der Waals surface area contributed by atoms with Crippen molar-refractivity contribution in [2.45, 2.75) is 13.3 Å². The minimum absolute atomic E-state index is 0.711. The van der Waals surface area contributed by atoms with Crippen molar-refractivity contribution in [3.8, 4) is 6.07 Å². The van der Waals surface area contributed by atoms with E-state index in [1.54, 1.807) is 0 Å². The minimum Gasteiger partial charge on any atom is -0.383 e. The summed E-state index contributed by atoms with van der Waals surface area (Å²) in [6, 6.07) is 18.3. The van der Waals surface area contributed by atoms with Crippen LogP contribution >= 0.6 is 0 Å². The van der Waals surface area contributed by atoms with Gasteiger partial charge in [-0.05, 0) is 30.5 Å². The molecule has 0 aliphatic heterocycles. The summed E-state index contributed by atoms with van der Waals surface area (Å²) in [5, 5.41) is 12.4. The number of nitriles is 1. The van der Waals surface area contributed by atoms with Crippen molar-refractivity contribution in [3.05, 3.63) is 65.2 Å². The number of nitrogens with zero attached hydrogens (tertiary/aromatic N) is 1. The van der Waals surface area contributed by atoms with Gasteiger partial charge in [0.25, 0.3) is 0 Å². The summed E-state index contributed by atoms with van der Waals surface area (Å²) in [6.07, 6.45) is 0.958. The van der Waals surface area contributed by atoms with Crippen LogP contribution in [0.25, 0.3) is 0 Å². The van der Waals surface area contributed by atoms with Crippen LogP contribution in [0.3, 0.4) is 0 Å². The van der Waals surface area contributed by atoms with Crippen molar-refractivity contribution in [2.75, 3.05) is 11.9 Å². The number of hydrogen-bond donors (Lipinski definition) is 1. The topological polar surface area (TPSA) is 35.8 Å². The second-order valence-electron chi connectivity index (χ2n) is 4.27. The van der Waals surface area contributed by atoms with Gasteiger partial charge in [0.05, 0.1) is 11.3 Å². The molecule has 2 nitrogen and oxygen atoms in total. The van der Waals surface area contributed by atoms with E-state index in [1.165, 1.54) is 5.56 Å². The zero-order valence-electron chi connectivity index (χ0n) is 10.5. The van der Waals surface area contributed by atoms with Crippen LogP contribution in [-0.2, 0) is 6.42 Å². The second kappa shape index (κ2) is 5.88. The fraction of sp³-hybridized carbons (Fsp3) is 0.188. The average Bonchev–Trinajstić information content (AvgIpc) is 2.41. The second-order valence-corrected chi connectivity index (χ2v) is 4.27. The molecule has 0 aromatic heterocycles. The summed E-state index contributed by atoms with van der Waals surface area (Å²) in [7, 11) is 0. The Labute approximate surface area is 108 Å². The highest BCUT2D eigenvalue weighted by molar-refractivity contribution is 5.62. The van der Waals surface area contributed by atoms with Crippen LogP contribution in [0.1, 0.15) is 16.7 Å². The SMILES string of the molecule is Cc1cccc(C#N)c1NCCc1ccccc1. The van der Waals surface area contributed by atoms with Crippen LogP contribution in [0.15, 0.2) is 48.5 Å². The van der Waals surface area contributed by atoms with Crippen molar-refractivity contribution < 1.29 is 0 Å². The number of hydrogen-bond acceptors (Lipinski definition) is 2. The Hall–Kier alpha value is -2.27. The van der Waals surface area contributed by atoms with Crippen molar-refractivity contribution >= 4 is 5.69 Å². The van der Waals surface area contributed by atoms with E-state index in [9.17, 15) is 0 Å². The first kappa shape index (κ1) is 12.2. The van der Waals surface area contributed by atoms with Crippen LogP contribution in [0, 0.1) is 18.3 Å². The molecule has 0 amide bonds. The summed E-state index contributed by atoms with van der Waals surface area (Å²) in [6.45, 7) is 2.86. The lowest BCUT2D eigenvalue weighted by Crippen LogP contribution is -2.07. The maximum atomic E-state index is 9.07. The van der Waals surface area contributed by atoms with Crippen LogP contribution in [0.5, 0.6) is 0 Å². The van der Waals surface area contributed by atoms with E-state index in [0.29, 0.717) is 5.56 Å². The van der Waals surface area contributed by atoms with Gasteiger partial charge in [-0.2, -0.15) is 5.26 Å². The molecule has 0 atom stereocenters. The summed E-state index contributed by atoms with van der Waals surface area (Å²) in [4.78, 5) is 0. The van der Waals surface area contributed by atoms with E-state index in [4.69, 9.17) is 5.26 Å². The van der Waals surface area contributed by atoms with Gasteiger partial charge >= 0.3 is 0 Å². The van der Waals surface area contributed by atoms with E-state index < -0.39 is 0 Å². The fourth-order valence-electron chi connectivity index (χ4n) is 1.97. The lowest BCUT2D eigenvalue weighted by Gasteiger charge is -2.11.